The molecule has 2 N–H and O–H groups in total. The minimum Gasteiger partial charge on any atom is -0.508 e. The van der Waals surface area contributed by atoms with Gasteiger partial charge in [0.1, 0.15) is 11.6 Å². The van der Waals surface area contributed by atoms with E-state index in [9.17, 15) is 9.90 Å². The lowest BCUT2D eigenvalue weighted by Crippen LogP contribution is -2.11. The van der Waals surface area contributed by atoms with Gasteiger partial charge in [0.15, 0.2) is 0 Å². The highest BCUT2D eigenvalue weighted by Gasteiger charge is 2.09. The molecule has 0 radical (unpaired) electrons. The molecule has 0 saturated carbocycles. The molecule has 0 amide bonds. The summed E-state index contributed by atoms with van der Waals surface area (Å²) in [6, 6.07) is 8.70. The first-order valence-corrected chi connectivity index (χ1v) is 6.12. The summed E-state index contributed by atoms with van der Waals surface area (Å²) in [5.74, 6) is 0.286. The normalized spacial score (nSPS) is 10.1. The van der Waals surface area contributed by atoms with Crippen LogP contribution in [0.1, 0.15) is 16.2 Å². The molecule has 0 saturated heterocycles. The van der Waals surface area contributed by atoms with Gasteiger partial charge in [-0.1, -0.05) is 12.1 Å². The summed E-state index contributed by atoms with van der Waals surface area (Å²) in [6.45, 7) is 0.655. The standard InChI is InChI=1S/C14H15N3O3/c1-20-14(19)13-16-9-7-12(17-13)15-8-6-10-2-4-11(18)5-3-10/h2-5,7,9,18H,6,8H2,1H3,(H,15,16,17). The molecule has 0 unspecified atom stereocenters. The first-order valence-electron chi connectivity index (χ1n) is 6.12. The number of ether oxygens (including phenoxy) is 1. The molecule has 0 aliphatic heterocycles. The number of nitrogens with zero attached hydrogens (tertiary/aromatic N) is 2. The van der Waals surface area contributed by atoms with E-state index in [0.717, 1.165) is 12.0 Å². The number of aromatic hydroxyl groups is 1. The topological polar surface area (TPSA) is 84.3 Å². The molecular formula is C14H15N3O3. The van der Waals surface area contributed by atoms with Gasteiger partial charge in [-0.3, -0.25) is 0 Å². The van der Waals surface area contributed by atoms with E-state index in [2.05, 4.69) is 20.0 Å². The molecular weight excluding hydrogens is 258 g/mol. The van der Waals surface area contributed by atoms with Crippen molar-refractivity contribution in [3.05, 3.63) is 47.9 Å². The van der Waals surface area contributed by atoms with Crippen LogP contribution in [-0.4, -0.2) is 34.7 Å². The van der Waals surface area contributed by atoms with Crippen molar-refractivity contribution in [2.24, 2.45) is 0 Å². The summed E-state index contributed by atoms with van der Waals surface area (Å²) >= 11 is 0. The van der Waals surface area contributed by atoms with Crippen molar-refractivity contribution >= 4 is 11.8 Å². The maximum absolute atomic E-state index is 11.3. The van der Waals surface area contributed by atoms with Crippen LogP contribution in [0.3, 0.4) is 0 Å². The fourth-order valence-corrected chi connectivity index (χ4v) is 1.64. The molecule has 0 aliphatic rings. The van der Waals surface area contributed by atoms with Crippen molar-refractivity contribution in [3.63, 3.8) is 0 Å². The molecule has 1 aromatic carbocycles. The Bertz CT molecular complexity index is 584. The van der Waals surface area contributed by atoms with E-state index in [1.807, 2.05) is 12.1 Å². The summed E-state index contributed by atoms with van der Waals surface area (Å²) < 4.78 is 4.56. The predicted molar refractivity (Wildman–Crippen MR) is 73.7 cm³/mol. The molecule has 1 heterocycles. The Hall–Kier alpha value is -2.63. The number of esters is 1. The number of anilines is 1. The maximum Gasteiger partial charge on any atom is 0.376 e. The highest BCUT2D eigenvalue weighted by Crippen LogP contribution is 2.10. The van der Waals surface area contributed by atoms with Crippen molar-refractivity contribution in [1.82, 2.24) is 9.97 Å². The van der Waals surface area contributed by atoms with Crippen LogP contribution >= 0.6 is 0 Å². The minimum atomic E-state index is -0.563. The van der Waals surface area contributed by atoms with Gasteiger partial charge in [-0.15, -0.1) is 0 Å². The summed E-state index contributed by atoms with van der Waals surface area (Å²) in [5.41, 5.74) is 1.09. The van der Waals surface area contributed by atoms with Crippen LogP contribution in [0.15, 0.2) is 36.5 Å². The zero-order valence-corrected chi connectivity index (χ0v) is 11.0. The molecule has 2 rings (SSSR count). The Balaban J connectivity index is 1.91. The monoisotopic (exact) mass is 273 g/mol. The molecule has 0 aliphatic carbocycles. The van der Waals surface area contributed by atoms with E-state index in [0.29, 0.717) is 12.4 Å². The summed E-state index contributed by atoms with van der Waals surface area (Å²) in [5, 5.41) is 12.3. The minimum absolute atomic E-state index is 0.0298. The van der Waals surface area contributed by atoms with Gasteiger partial charge in [-0.2, -0.15) is 0 Å². The number of benzene rings is 1. The maximum atomic E-state index is 11.3. The van der Waals surface area contributed by atoms with E-state index in [1.54, 1.807) is 18.2 Å². The number of hydrogen-bond acceptors (Lipinski definition) is 6. The lowest BCUT2D eigenvalue weighted by molar-refractivity contribution is 0.0587. The molecule has 0 spiro atoms. The van der Waals surface area contributed by atoms with Crippen molar-refractivity contribution in [1.29, 1.82) is 0 Å². The van der Waals surface area contributed by atoms with Crippen LogP contribution < -0.4 is 5.32 Å². The van der Waals surface area contributed by atoms with E-state index in [-0.39, 0.29) is 11.6 Å². The second-order valence-electron chi connectivity index (χ2n) is 4.10. The Kier molecular flexibility index (Phi) is 4.49. The van der Waals surface area contributed by atoms with Crippen LogP contribution in [0, 0.1) is 0 Å². The lowest BCUT2D eigenvalue weighted by atomic mass is 10.1. The van der Waals surface area contributed by atoms with Crippen LogP contribution in [0.5, 0.6) is 5.75 Å². The van der Waals surface area contributed by atoms with Crippen LogP contribution in [0.25, 0.3) is 0 Å². The first-order chi connectivity index (χ1) is 9.69. The highest BCUT2D eigenvalue weighted by molar-refractivity contribution is 5.85. The Labute approximate surface area is 116 Å². The van der Waals surface area contributed by atoms with Gasteiger partial charge in [0.25, 0.3) is 0 Å². The first kappa shape index (κ1) is 13.8. The van der Waals surface area contributed by atoms with E-state index >= 15 is 0 Å². The summed E-state index contributed by atoms with van der Waals surface area (Å²) in [6.07, 6.45) is 2.28. The molecule has 6 nitrogen and oxygen atoms in total. The van der Waals surface area contributed by atoms with E-state index in [1.165, 1.54) is 13.3 Å². The molecule has 0 fully saturated rings. The fraction of sp³-hybridized carbons (Fsp3) is 0.214. The number of hydrogen-bond donors (Lipinski definition) is 2. The van der Waals surface area contributed by atoms with Gasteiger partial charge < -0.3 is 15.2 Å². The highest BCUT2D eigenvalue weighted by atomic mass is 16.5. The van der Waals surface area contributed by atoms with E-state index < -0.39 is 5.97 Å². The van der Waals surface area contributed by atoms with Gasteiger partial charge >= 0.3 is 5.97 Å². The third kappa shape index (κ3) is 3.68. The Morgan fingerprint density at radius 3 is 2.75 bits per heavy atom. The zero-order valence-electron chi connectivity index (χ0n) is 11.0. The zero-order chi connectivity index (χ0) is 14.4. The van der Waals surface area contributed by atoms with Gasteiger partial charge in [-0.25, -0.2) is 14.8 Å². The van der Waals surface area contributed by atoms with Crippen LogP contribution in [0.2, 0.25) is 0 Å². The van der Waals surface area contributed by atoms with Crippen molar-refractivity contribution in [2.75, 3.05) is 19.0 Å². The summed E-state index contributed by atoms with van der Waals surface area (Å²) in [4.78, 5) is 19.2. The number of carbonyl (C=O) groups is 1. The Morgan fingerprint density at radius 2 is 2.05 bits per heavy atom. The predicted octanol–water partition coefficient (Wildman–Crippen LogP) is 1.62. The van der Waals surface area contributed by atoms with Gasteiger partial charge in [-0.05, 0) is 30.2 Å². The average molecular weight is 273 g/mol. The van der Waals surface area contributed by atoms with Crippen LogP contribution in [0.4, 0.5) is 5.82 Å². The molecule has 20 heavy (non-hydrogen) atoms. The van der Waals surface area contributed by atoms with Crippen LogP contribution in [-0.2, 0) is 11.2 Å². The van der Waals surface area contributed by atoms with Gasteiger partial charge in [0.05, 0.1) is 7.11 Å². The van der Waals surface area contributed by atoms with Crippen molar-refractivity contribution in [3.8, 4) is 5.75 Å². The smallest absolute Gasteiger partial charge is 0.376 e. The Morgan fingerprint density at radius 1 is 1.30 bits per heavy atom. The number of carbonyl (C=O) groups excluding carboxylic acids is 1. The summed E-state index contributed by atoms with van der Waals surface area (Å²) in [7, 11) is 1.29. The largest absolute Gasteiger partial charge is 0.508 e. The van der Waals surface area contributed by atoms with Gasteiger partial charge in [0, 0.05) is 12.7 Å². The number of phenolic OH excluding ortho intramolecular Hbond substituents is 1. The molecule has 0 bridgehead atoms. The number of aromatic nitrogens is 2. The van der Waals surface area contributed by atoms with E-state index in [4.69, 9.17) is 0 Å². The second kappa shape index (κ2) is 6.51. The van der Waals surface area contributed by atoms with Crippen molar-refractivity contribution in [2.45, 2.75) is 6.42 Å². The molecule has 6 heteroatoms. The molecule has 1 aromatic heterocycles. The SMILES string of the molecule is COC(=O)c1nccc(NCCc2ccc(O)cc2)n1. The lowest BCUT2D eigenvalue weighted by Gasteiger charge is -2.06. The number of rotatable bonds is 5. The van der Waals surface area contributed by atoms with Crippen molar-refractivity contribution < 1.29 is 14.6 Å². The quantitative estimate of drug-likeness (QED) is 0.805. The number of nitrogens with one attached hydrogen (secondary N) is 1. The number of phenols is 1. The molecule has 2 aromatic rings. The third-order valence-corrected chi connectivity index (χ3v) is 2.68. The molecule has 104 valence electrons. The fourth-order valence-electron chi connectivity index (χ4n) is 1.64. The molecule has 0 atom stereocenters. The van der Waals surface area contributed by atoms with Gasteiger partial charge in [0.2, 0.25) is 5.82 Å². The number of methoxy groups -OCH3 is 1. The average Bonchev–Trinajstić information content (AvgIpc) is 2.49. The third-order valence-electron chi connectivity index (χ3n) is 2.68. The second-order valence-corrected chi connectivity index (χ2v) is 4.10.